The highest BCUT2D eigenvalue weighted by Gasteiger charge is 2.19. The lowest BCUT2D eigenvalue weighted by atomic mass is 10.1. The van der Waals surface area contributed by atoms with Gasteiger partial charge in [0.2, 0.25) is 5.89 Å². The van der Waals surface area contributed by atoms with Crippen molar-refractivity contribution in [2.75, 3.05) is 12.4 Å². The fourth-order valence-electron chi connectivity index (χ4n) is 3.51. The minimum Gasteiger partial charge on any atom is -0.490 e. The lowest BCUT2D eigenvalue weighted by Crippen LogP contribution is -2.34. The van der Waals surface area contributed by atoms with Gasteiger partial charge in [-0.2, -0.15) is 0 Å². The molecule has 1 amide bonds. The Kier molecular flexibility index (Phi) is 6.74. The molecule has 4 aromatic rings. The third kappa shape index (κ3) is 5.12. The number of nitro benzene ring substituents is 1. The molecule has 0 unspecified atom stereocenters. The van der Waals surface area contributed by atoms with Crippen LogP contribution in [-0.2, 0) is 6.42 Å². The van der Waals surface area contributed by atoms with E-state index < -0.39 is 10.8 Å². The number of anilines is 1. The van der Waals surface area contributed by atoms with Crippen LogP contribution in [0.4, 0.5) is 11.4 Å². The zero-order valence-corrected chi connectivity index (χ0v) is 20.1. The van der Waals surface area contributed by atoms with Crippen molar-refractivity contribution in [3.8, 4) is 17.2 Å². The number of hydrogen-bond donors (Lipinski definition) is 2. The summed E-state index contributed by atoms with van der Waals surface area (Å²) in [5, 5.41) is 16.8. The maximum Gasteiger partial charge on any atom is 0.311 e. The Morgan fingerprint density at radius 3 is 2.69 bits per heavy atom. The minimum absolute atomic E-state index is 0.0406. The number of hydrogen-bond acceptors (Lipinski definition) is 7. The van der Waals surface area contributed by atoms with Gasteiger partial charge < -0.3 is 14.5 Å². The Morgan fingerprint density at radius 1 is 1.17 bits per heavy atom. The van der Waals surface area contributed by atoms with Gasteiger partial charge in [-0.25, -0.2) is 4.98 Å². The van der Waals surface area contributed by atoms with Gasteiger partial charge in [0.15, 0.2) is 16.4 Å². The van der Waals surface area contributed by atoms with Crippen molar-refractivity contribution in [3.05, 3.63) is 81.4 Å². The van der Waals surface area contributed by atoms with E-state index >= 15 is 0 Å². The molecule has 178 valence electrons. The molecular formula is C25H22N4O5S. The number of ether oxygens (including phenoxy) is 1. The van der Waals surface area contributed by atoms with Crippen LogP contribution in [0.2, 0.25) is 0 Å². The summed E-state index contributed by atoms with van der Waals surface area (Å²) in [6, 6.07) is 15.5. The molecule has 1 heterocycles. The zero-order chi connectivity index (χ0) is 25.1. The Balaban J connectivity index is 1.52. The Hall–Kier alpha value is -4.31. The largest absolute Gasteiger partial charge is 0.490 e. The summed E-state index contributed by atoms with van der Waals surface area (Å²) in [6.07, 6.45) is 0.907. The average Bonchev–Trinajstić information content (AvgIpc) is 3.28. The van der Waals surface area contributed by atoms with E-state index in [1.165, 1.54) is 24.8 Å². The number of carbonyl (C=O) groups excluding carboxylic acids is 1. The molecule has 0 aliphatic rings. The molecule has 4 rings (SSSR count). The first kappa shape index (κ1) is 23.8. The number of amides is 1. The highest BCUT2D eigenvalue weighted by molar-refractivity contribution is 7.80. The third-order valence-corrected chi connectivity index (χ3v) is 5.66. The fraction of sp³-hybridized carbons (Fsp3) is 0.160. The summed E-state index contributed by atoms with van der Waals surface area (Å²) in [5.41, 5.74) is 4.70. The summed E-state index contributed by atoms with van der Waals surface area (Å²) in [7, 11) is 1.32. The summed E-state index contributed by atoms with van der Waals surface area (Å²) in [5.74, 6) is -0.0608. The smallest absolute Gasteiger partial charge is 0.311 e. The lowest BCUT2D eigenvalue weighted by Gasteiger charge is -2.13. The first-order valence-electron chi connectivity index (χ1n) is 10.7. The second-order valence-corrected chi connectivity index (χ2v) is 8.16. The van der Waals surface area contributed by atoms with Crippen molar-refractivity contribution >= 4 is 45.7 Å². The molecule has 9 nitrogen and oxygen atoms in total. The van der Waals surface area contributed by atoms with Crippen LogP contribution in [0.5, 0.6) is 5.75 Å². The number of nitrogens with zero attached hydrogens (tertiary/aromatic N) is 2. The number of aryl methyl sites for hydroxylation is 2. The quantitative estimate of drug-likeness (QED) is 0.209. The van der Waals surface area contributed by atoms with E-state index in [2.05, 4.69) is 22.5 Å². The summed E-state index contributed by atoms with van der Waals surface area (Å²) >= 11 is 5.30. The number of methoxy groups -OCH3 is 1. The number of nitrogens with one attached hydrogen (secondary N) is 2. The van der Waals surface area contributed by atoms with Gasteiger partial charge in [0.1, 0.15) is 5.52 Å². The van der Waals surface area contributed by atoms with Crippen LogP contribution >= 0.6 is 12.2 Å². The fourth-order valence-corrected chi connectivity index (χ4v) is 3.71. The maximum absolute atomic E-state index is 12.6. The van der Waals surface area contributed by atoms with E-state index in [4.69, 9.17) is 21.4 Å². The van der Waals surface area contributed by atoms with Crippen LogP contribution in [-0.4, -0.2) is 28.0 Å². The van der Waals surface area contributed by atoms with Crippen LogP contribution in [0.15, 0.2) is 59.0 Å². The molecule has 3 aromatic carbocycles. The predicted octanol–water partition coefficient (Wildman–Crippen LogP) is 5.41. The van der Waals surface area contributed by atoms with E-state index in [1.807, 2.05) is 43.3 Å². The summed E-state index contributed by atoms with van der Waals surface area (Å²) in [4.78, 5) is 27.8. The van der Waals surface area contributed by atoms with Gasteiger partial charge in [0, 0.05) is 22.9 Å². The summed E-state index contributed by atoms with van der Waals surface area (Å²) in [6.45, 7) is 3.97. The molecular weight excluding hydrogens is 468 g/mol. The van der Waals surface area contributed by atoms with E-state index in [0.717, 1.165) is 29.1 Å². The van der Waals surface area contributed by atoms with Crippen LogP contribution in [0.25, 0.3) is 22.6 Å². The van der Waals surface area contributed by atoms with E-state index in [-0.39, 0.29) is 22.1 Å². The first-order chi connectivity index (χ1) is 16.8. The molecule has 35 heavy (non-hydrogen) atoms. The number of fused-ring (bicyclic) bond motifs is 1. The monoisotopic (exact) mass is 490 g/mol. The molecule has 0 aliphatic carbocycles. The van der Waals surface area contributed by atoms with Crippen molar-refractivity contribution in [3.63, 3.8) is 0 Å². The van der Waals surface area contributed by atoms with Gasteiger partial charge in [-0.1, -0.05) is 19.1 Å². The van der Waals surface area contributed by atoms with Crippen LogP contribution in [0, 0.1) is 17.0 Å². The molecule has 0 spiro atoms. The third-order valence-electron chi connectivity index (χ3n) is 5.46. The standard InChI is InChI=1S/C25H22N4O5S/c1-4-15-6-9-21-19(11-15)26-24(34-21)17-7-5-14(2)18(12-17)27-25(35)28-23(30)16-8-10-22(33-3)20(13-16)29(31)32/h5-13H,4H2,1-3H3,(H2,27,28,30,35). The van der Waals surface area contributed by atoms with Gasteiger partial charge in [-0.05, 0) is 73.1 Å². The number of thiocarbonyl (C=S) groups is 1. The molecule has 0 aliphatic heterocycles. The number of benzene rings is 3. The molecule has 0 saturated carbocycles. The average molecular weight is 491 g/mol. The van der Waals surface area contributed by atoms with Crippen molar-refractivity contribution in [2.45, 2.75) is 20.3 Å². The second kappa shape index (κ2) is 9.90. The number of carbonyl (C=O) groups is 1. The van der Waals surface area contributed by atoms with E-state index in [0.29, 0.717) is 17.2 Å². The Morgan fingerprint density at radius 2 is 1.97 bits per heavy atom. The molecule has 1 aromatic heterocycles. The number of aromatic nitrogens is 1. The molecule has 0 fully saturated rings. The van der Waals surface area contributed by atoms with Crippen LogP contribution < -0.4 is 15.4 Å². The molecule has 2 N–H and O–H groups in total. The molecule has 0 atom stereocenters. The second-order valence-electron chi connectivity index (χ2n) is 7.76. The highest BCUT2D eigenvalue weighted by Crippen LogP contribution is 2.29. The summed E-state index contributed by atoms with van der Waals surface area (Å²) < 4.78 is 10.9. The van der Waals surface area contributed by atoms with Crippen molar-refractivity contribution < 1.29 is 18.9 Å². The van der Waals surface area contributed by atoms with Crippen molar-refractivity contribution in [2.24, 2.45) is 0 Å². The van der Waals surface area contributed by atoms with Crippen LogP contribution in [0.1, 0.15) is 28.4 Å². The lowest BCUT2D eigenvalue weighted by molar-refractivity contribution is -0.385. The number of oxazole rings is 1. The van der Waals surface area contributed by atoms with Gasteiger partial charge in [-0.15, -0.1) is 0 Å². The molecule has 0 bridgehead atoms. The van der Waals surface area contributed by atoms with Crippen molar-refractivity contribution in [1.29, 1.82) is 0 Å². The van der Waals surface area contributed by atoms with E-state index in [1.54, 1.807) is 0 Å². The molecule has 0 saturated heterocycles. The normalized spacial score (nSPS) is 10.7. The minimum atomic E-state index is -0.615. The van der Waals surface area contributed by atoms with Gasteiger partial charge in [0.25, 0.3) is 5.91 Å². The highest BCUT2D eigenvalue weighted by atomic mass is 32.1. The van der Waals surface area contributed by atoms with Crippen molar-refractivity contribution in [1.82, 2.24) is 10.3 Å². The number of nitro groups is 1. The SMILES string of the molecule is CCc1ccc2oc(-c3ccc(C)c(NC(=S)NC(=O)c4ccc(OC)c([N+](=O)[O-])c4)c3)nc2c1. The molecule has 0 radical (unpaired) electrons. The first-order valence-corrected chi connectivity index (χ1v) is 11.1. The predicted molar refractivity (Wildman–Crippen MR) is 137 cm³/mol. The van der Waals surface area contributed by atoms with Gasteiger partial charge >= 0.3 is 5.69 Å². The van der Waals surface area contributed by atoms with Gasteiger partial charge in [-0.3, -0.25) is 20.2 Å². The Bertz CT molecular complexity index is 1460. The Labute approximate surface area is 206 Å². The maximum atomic E-state index is 12.6. The molecule has 10 heteroatoms. The number of rotatable bonds is 6. The van der Waals surface area contributed by atoms with Gasteiger partial charge in [0.05, 0.1) is 12.0 Å². The van der Waals surface area contributed by atoms with E-state index in [9.17, 15) is 14.9 Å². The zero-order valence-electron chi connectivity index (χ0n) is 19.2. The topological polar surface area (TPSA) is 120 Å². The van der Waals surface area contributed by atoms with Crippen LogP contribution in [0.3, 0.4) is 0 Å².